The molecule has 1 aliphatic carbocycles. The van der Waals surface area contributed by atoms with Crippen molar-refractivity contribution in [3.8, 4) is 11.5 Å². The molecule has 0 unspecified atom stereocenters. The molecular weight excluding hydrogens is 354 g/mol. The molecular formula is C21H25N5O2. The number of aromatic nitrogens is 2. The molecule has 1 saturated carbocycles. The van der Waals surface area contributed by atoms with Crippen molar-refractivity contribution in [2.45, 2.75) is 19.4 Å². The van der Waals surface area contributed by atoms with E-state index in [1.807, 2.05) is 30.3 Å². The van der Waals surface area contributed by atoms with E-state index in [9.17, 15) is 0 Å². The van der Waals surface area contributed by atoms with Crippen LogP contribution in [-0.2, 0) is 6.54 Å². The summed E-state index contributed by atoms with van der Waals surface area (Å²) in [6, 6.07) is 11.9. The SMILES string of the molecule is COc1ccc(OC)c(CN(CC2CC2)c2ccc3nc(N)nc(N)c3c2)c1. The lowest BCUT2D eigenvalue weighted by Crippen LogP contribution is -2.25. The molecule has 1 heterocycles. The molecule has 0 bridgehead atoms. The maximum Gasteiger partial charge on any atom is 0.222 e. The molecule has 0 spiro atoms. The number of hydrogen-bond donors (Lipinski definition) is 2. The summed E-state index contributed by atoms with van der Waals surface area (Å²) in [6.45, 7) is 1.68. The number of ether oxygens (including phenoxy) is 2. The van der Waals surface area contributed by atoms with Crippen molar-refractivity contribution in [2.24, 2.45) is 5.92 Å². The van der Waals surface area contributed by atoms with Crippen LogP contribution in [0.3, 0.4) is 0 Å². The molecule has 0 saturated heterocycles. The van der Waals surface area contributed by atoms with E-state index in [2.05, 4.69) is 20.9 Å². The minimum Gasteiger partial charge on any atom is -0.497 e. The van der Waals surface area contributed by atoms with Gasteiger partial charge in [0.05, 0.1) is 19.7 Å². The van der Waals surface area contributed by atoms with Crippen LogP contribution in [0.1, 0.15) is 18.4 Å². The number of nitrogen functional groups attached to an aromatic ring is 2. The first-order valence-electron chi connectivity index (χ1n) is 9.36. The Morgan fingerprint density at radius 3 is 2.57 bits per heavy atom. The van der Waals surface area contributed by atoms with Crippen LogP contribution in [0.2, 0.25) is 0 Å². The summed E-state index contributed by atoms with van der Waals surface area (Å²) >= 11 is 0. The Labute approximate surface area is 164 Å². The highest BCUT2D eigenvalue weighted by molar-refractivity contribution is 5.91. The van der Waals surface area contributed by atoms with Crippen molar-refractivity contribution in [1.29, 1.82) is 0 Å². The first-order chi connectivity index (χ1) is 13.6. The van der Waals surface area contributed by atoms with Crippen LogP contribution in [0.25, 0.3) is 10.9 Å². The van der Waals surface area contributed by atoms with E-state index in [4.69, 9.17) is 20.9 Å². The Kier molecular flexibility index (Phi) is 4.81. The van der Waals surface area contributed by atoms with E-state index in [-0.39, 0.29) is 5.95 Å². The van der Waals surface area contributed by atoms with Gasteiger partial charge in [-0.15, -0.1) is 0 Å². The summed E-state index contributed by atoms with van der Waals surface area (Å²) in [4.78, 5) is 10.7. The van der Waals surface area contributed by atoms with Gasteiger partial charge in [-0.25, -0.2) is 4.98 Å². The smallest absolute Gasteiger partial charge is 0.222 e. The van der Waals surface area contributed by atoms with Gasteiger partial charge < -0.3 is 25.8 Å². The number of fused-ring (bicyclic) bond motifs is 1. The van der Waals surface area contributed by atoms with Gasteiger partial charge in [-0.3, -0.25) is 0 Å². The molecule has 7 nitrogen and oxygen atoms in total. The van der Waals surface area contributed by atoms with E-state index in [1.54, 1.807) is 14.2 Å². The second-order valence-electron chi connectivity index (χ2n) is 7.17. The van der Waals surface area contributed by atoms with Crippen LogP contribution in [0.15, 0.2) is 36.4 Å². The second kappa shape index (κ2) is 7.42. The zero-order valence-electron chi connectivity index (χ0n) is 16.2. The molecule has 0 amide bonds. The molecule has 4 rings (SSSR count). The molecule has 28 heavy (non-hydrogen) atoms. The first kappa shape index (κ1) is 18.2. The highest BCUT2D eigenvalue weighted by atomic mass is 16.5. The standard InChI is InChI=1S/C21H25N5O2/c1-27-16-6-8-19(28-2)14(9-16)12-26(11-13-3-4-13)15-5-7-18-17(10-15)20(22)25-21(23)24-18/h5-10,13H,3-4,11-12H2,1-2H3,(H4,22,23,24,25). The van der Waals surface area contributed by atoms with Gasteiger partial charge in [-0.2, -0.15) is 4.98 Å². The molecule has 1 aliphatic rings. The lowest BCUT2D eigenvalue weighted by molar-refractivity contribution is 0.398. The Morgan fingerprint density at radius 2 is 1.86 bits per heavy atom. The van der Waals surface area contributed by atoms with Gasteiger partial charge in [0.1, 0.15) is 17.3 Å². The van der Waals surface area contributed by atoms with Gasteiger partial charge >= 0.3 is 0 Å². The number of nitrogens with zero attached hydrogens (tertiary/aromatic N) is 3. The van der Waals surface area contributed by atoms with Crippen molar-refractivity contribution in [2.75, 3.05) is 37.1 Å². The number of anilines is 3. The Bertz CT molecular complexity index is 1000. The fraction of sp³-hybridized carbons (Fsp3) is 0.333. The summed E-state index contributed by atoms with van der Waals surface area (Å²) in [5.74, 6) is 2.96. The first-order valence-corrected chi connectivity index (χ1v) is 9.36. The zero-order chi connectivity index (χ0) is 19.7. The van der Waals surface area contributed by atoms with Gasteiger partial charge in [0.15, 0.2) is 0 Å². The molecule has 0 radical (unpaired) electrons. The molecule has 146 valence electrons. The lowest BCUT2D eigenvalue weighted by Gasteiger charge is -2.26. The van der Waals surface area contributed by atoms with Gasteiger partial charge in [0.2, 0.25) is 5.95 Å². The Hall–Kier alpha value is -3.22. The third-order valence-corrected chi connectivity index (χ3v) is 5.12. The zero-order valence-corrected chi connectivity index (χ0v) is 16.2. The molecule has 4 N–H and O–H groups in total. The van der Waals surface area contributed by atoms with Crippen molar-refractivity contribution in [3.05, 3.63) is 42.0 Å². The number of rotatable bonds is 7. The average molecular weight is 379 g/mol. The third-order valence-electron chi connectivity index (χ3n) is 5.12. The topological polar surface area (TPSA) is 99.5 Å². The Morgan fingerprint density at radius 1 is 1.04 bits per heavy atom. The molecule has 1 fully saturated rings. The van der Waals surface area contributed by atoms with Crippen molar-refractivity contribution < 1.29 is 9.47 Å². The normalized spacial score (nSPS) is 13.5. The predicted octanol–water partition coefficient (Wildman–Crippen LogP) is 3.23. The third kappa shape index (κ3) is 3.74. The number of methoxy groups -OCH3 is 2. The van der Waals surface area contributed by atoms with Gasteiger partial charge in [0.25, 0.3) is 0 Å². The van der Waals surface area contributed by atoms with Crippen LogP contribution in [0.4, 0.5) is 17.5 Å². The predicted molar refractivity (Wildman–Crippen MR) is 112 cm³/mol. The quantitative estimate of drug-likeness (QED) is 0.650. The van der Waals surface area contributed by atoms with Gasteiger partial charge in [-0.1, -0.05) is 0 Å². The van der Waals surface area contributed by atoms with Crippen LogP contribution in [0.5, 0.6) is 11.5 Å². The van der Waals surface area contributed by atoms with Gasteiger partial charge in [0, 0.05) is 29.7 Å². The number of hydrogen-bond acceptors (Lipinski definition) is 7. The highest BCUT2D eigenvalue weighted by Crippen LogP contribution is 2.35. The monoisotopic (exact) mass is 379 g/mol. The van der Waals surface area contributed by atoms with Crippen LogP contribution < -0.4 is 25.8 Å². The van der Waals surface area contributed by atoms with Crippen LogP contribution >= 0.6 is 0 Å². The van der Waals surface area contributed by atoms with E-state index in [0.717, 1.165) is 40.2 Å². The summed E-state index contributed by atoms with van der Waals surface area (Å²) < 4.78 is 11.0. The fourth-order valence-corrected chi connectivity index (χ4v) is 3.44. The molecule has 1 aromatic heterocycles. The summed E-state index contributed by atoms with van der Waals surface area (Å²) in [6.07, 6.45) is 2.53. The summed E-state index contributed by atoms with van der Waals surface area (Å²) in [7, 11) is 3.36. The summed E-state index contributed by atoms with van der Waals surface area (Å²) in [5.41, 5.74) is 14.7. The van der Waals surface area contributed by atoms with Crippen molar-refractivity contribution in [3.63, 3.8) is 0 Å². The van der Waals surface area contributed by atoms with Crippen LogP contribution in [0, 0.1) is 5.92 Å². The molecule has 2 aromatic carbocycles. The molecule has 3 aromatic rings. The molecule has 7 heteroatoms. The van der Waals surface area contributed by atoms with E-state index in [1.165, 1.54) is 12.8 Å². The minimum atomic E-state index is 0.189. The lowest BCUT2D eigenvalue weighted by atomic mass is 10.1. The molecule has 0 atom stereocenters. The van der Waals surface area contributed by atoms with Gasteiger partial charge in [-0.05, 0) is 55.2 Å². The number of nitrogens with two attached hydrogens (primary N) is 2. The maximum absolute atomic E-state index is 6.09. The van der Waals surface area contributed by atoms with Crippen LogP contribution in [-0.4, -0.2) is 30.7 Å². The van der Waals surface area contributed by atoms with Crippen molar-refractivity contribution >= 4 is 28.4 Å². The second-order valence-corrected chi connectivity index (χ2v) is 7.17. The maximum atomic E-state index is 6.09. The largest absolute Gasteiger partial charge is 0.497 e. The highest BCUT2D eigenvalue weighted by Gasteiger charge is 2.25. The minimum absolute atomic E-state index is 0.189. The summed E-state index contributed by atoms with van der Waals surface area (Å²) in [5, 5.41) is 0.810. The Balaban J connectivity index is 1.72. The van der Waals surface area contributed by atoms with E-state index >= 15 is 0 Å². The molecule has 0 aliphatic heterocycles. The number of benzene rings is 2. The van der Waals surface area contributed by atoms with Crippen molar-refractivity contribution in [1.82, 2.24) is 9.97 Å². The average Bonchev–Trinajstić information content (AvgIpc) is 3.51. The van der Waals surface area contributed by atoms with E-state index < -0.39 is 0 Å². The fourth-order valence-electron chi connectivity index (χ4n) is 3.44. The van der Waals surface area contributed by atoms with E-state index in [0.29, 0.717) is 18.3 Å².